The highest BCUT2D eigenvalue weighted by Crippen LogP contribution is 2.11. The van der Waals surface area contributed by atoms with Crippen molar-refractivity contribution in [1.82, 2.24) is 10.9 Å². The molecule has 0 unspecified atom stereocenters. The molecule has 0 saturated heterocycles. The molecule has 0 atom stereocenters. The lowest BCUT2D eigenvalue weighted by atomic mass is 10.1. The summed E-state index contributed by atoms with van der Waals surface area (Å²) >= 11 is 0. The van der Waals surface area contributed by atoms with Gasteiger partial charge in [0.1, 0.15) is 5.75 Å². The van der Waals surface area contributed by atoms with Crippen LogP contribution in [0.5, 0.6) is 5.75 Å². The van der Waals surface area contributed by atoms with Crippen LogP contribution in [0.2, 0.25) is 0 Å². The van der Waals surface area contributed by atoms with Crippen molar-refractivity contribution in [2.45, 2.75) is 27.2 Å². The van der Waals surface area contributed by atoms with Gasteiger partial charge in [-0.25, -0.2) is 0 Å². The van der Waals surface area contributed by atoms with Crippen LogP contribution in [0.15, 0.2) is 42.5 Å². The van der Waals surface area contributed by atoms with Gasteiger partial charge in [-0.05, 0) is 44.5 Å². The number of carbonyl (C=O) groups excluding carboxylic acids is 2. The molecule has 0 spiro atoms. The quantitative estimate of drug-likeness (QED) is 0.830. The molecular formula is C19H22N2O3. The summed E-state index contributed by atoms with van der Waals surface area (Å²) < 4.78 is 5.48. The van der Waals surface area contributed by atoms with Gasteiger partial charge in [0.15, 0.2) is 0 Å². The Morgan fingerprint density at radius 2 is 1.58 bits per heavy atom. The highest BCUT2D eigenvalue weighted by atomic mass is 16.5. The number of hydrazine groups is 1. The average molecular weight is 326 g/mol. The summed E-state index contributed by atoms with van der Waals surface area (Å²) in [5, 5.41) is 0. The zero-order valence-electron chi connectivity index (χ0n) is 14.2. The van der Waals surface area contributed by atoms with Crippen LogP contribution in [0, 0.1) is 20.8 Å². The minimum Gasteiger partial charge on any atom is -0.493 e. The van der Waals surface area contributed by atoms with Crippen molar-refractivity contribution >= 4 is 11.8 Å². The van der Waals surface area contributed by atoms with E-state index in [2.05, 4.69) is 10.9 Å². The van der Waals surface area contributed by atoms with Gasteiger partial charge in [0.2, 0.25) is 5.91 Å². The first-order valence-corrected chi connectivity index (χ1v) is 7.81. The molecule has 2 aromatic carbocycles. The third-order valence-corrected chi connectivity index (χ3v) is 3.56. The first-order valence-electron chi connectivity index (χ1n) is 7.81. The molecule has 24 heavy (non-hydrogen) atoms. The van der Waals surface area contributed by atoms with Crippen LogP contribution < -0.4 is 15.6 Å². The Morgan fingerprint density at radius 3 is 2.25 bits per heavy atom. The molecule has 0 bridgehead atoms. The minimum atomic E-state index is -0.333. The van der Waals surface area contributed by atoms with E-state index in [1.807, 2.05) is 57.2 Å². The smallest absolute Gasteiger partial charge is 0.269 e. The second-order valence-corrected chi connectivity index (χ2v) is 5.73. The number of aryl methyl sites for hydroxylation is 3. The number of hydrogen-bond donors (Lipinski definition) is 2. The maximum atomic E-state index is 12.1. The van der Waals surface area contributed by atoms with E-state index in [4.69, 9.17) is 4.74 Å². The largest absolute Gasteiger partial charge is 0.493 e. The second kappa shape index (κ2) is 8.15. The van der Waals surface area contributed by atoms with Crippen LogP contribution in [-0.2, 0) is 4.79 Å². The summed E-state index contributed by atoms with van der Waals surface area (Å²) in [5.41, 5.74) is 8.46. The van der Waals surface area contributed by atoms with Crippen LogP contribution in [0.1, 0.15) is 33.5 Å². The summed E-state index contributed by atoms with van der Waals surface area (Å²) in [6, 6.07) is 13.1. The van der Waals surface area contributed by atoms with E-state index >= 15 is 0 Å². The van der Waals surface area contributed by atoms with E-state index in [0.717, 1.165) is 16.7 Å². The molecule has 0 saturated carbocycles. The lowest BCUT2D eigenvalue weighted by Crippen LogP contribution is -2.42. The van der Waals surface area contributed by atoms with Gasteiger partial charge in [0.05, 0.1) is 13.0 Å². The molecule has 0 heterocycles. The van der Waals surface area contributed by atoms with Crippen molar-refractivity contribution in [2.75, 3.05) is 6.61 Å². The summed E-state index contributed by atoms with van der Waals surface area (Å²) in [4.78, 5) is 23.8. The maximum absolute atomic E-state index is 12.1. The first kappa shape index (κ1) is 17.5. The molecule has 0 aliphatic rings. The molecule has 5 nitrogen and oxygen atoms in total. The Morgan fingerprint density at radius 1 is 0.917 bits per heavy atom. The van der Waals surface area contributed by atoms with Crippen molar-refractivity contribution in [3.63, 3.8) is 0 Å². The Balaban J connectivity index is 1.74. The zero-order valence-corrected chi connectivity index (χ0v) is 14.2. The van der Waals surface area contributed by atoms with Crippen molar-refractivity contribution < 1.29 is 14.3 Å². The second-order valence-electron chi connectivity index (χ2n) is 5.73. The molecule has 2 N–H and O–H groups in total. The summed E-state index contributed by atoms with van der Waals surface area (Å²) in [6.45, 7) is 6.06. The van der Waals surface area contributed by atoms with Crippen LogP contribution in [0.3, 0.4) is 0 Å². The van der Waals surface area contributed by atoms with Crippen molar-refractivity contribution in [3.05, 3.63) is 64.7 Å². The summed E-state index contributed by atoms with van der Waals surface area (Å²) in [7, 11) is 0. The molecule has 0 aliphatic heterocycles. The van der Waals surface area contributed by atoms with Gasteiger partial charge in [-0.1, -0.05) is 35.4 Å². The van der Waals surface area contributed by atoms with Gasteiger partial charge < -0.3 is 4.74 Å². The van der Waals surface area contributed by atoms with E-state index in [1.165, 1.54) is 0 Å². The van der Waals surface area contributed by atoms with Crippen LogP contribution >= 0.6 is 0 Å². The molecule has 2 amide bonds. The molecule has 2 aromatic rings. The fourth-order valence-electron chi connectivity index (χ4n) is 2.22. The topological polar surface area (TPSA) is 67.4 Å². The highest BCUT2D eigenvalue weighted by Gasteiger charge is 2.10. The minimum absolute atomic E-state index is 0.154. The monoisotopic (exact) mass is 326 g/mol. The fraction of sp³-hybridized carbons (Fsp3) is 0.263. The lowest BCUT2D eigenvalue weighted by molar-refractivity contribution is -0.122. The standard InChI is InChI=1S/C19H22N2O3/c1-13-4-7-16(8-5-13)24-11-10-18(22)20-21-19(23)17-9-6-14(2)12-15(17)3/h4-9,12H,10-11H2,1-3H3,(H,20,22)(H,21,23). The van der Waals surface area contributed by atoms with Gasteiger partial charge >= 0.3 is 0 Å². The van der Waals surface area contributed by atoms with Crippen LogP contribution in [-0.4, -0.2) is 18.4 Å². The third kappa shape index (κ3) is 5.12. The van der Waals surface area contributed by atoms with Crippen LogP contribution in [0.4, 0.5) is 0 Å². The van der Waals surface area contributed by atoms with Gasteiger partial charge in [-0.15, -0.1) is 0 Å². The SMILES string of the molecule is Cc1ccc(OCCC(=O)NNC(=O)c2ccc(C)cc2C)cc1. The lowest BCUT2D eigenvalue weighted by Gasteiger charge is -2.10. The Hall–Kier alpha value is -2.82. The van der Waals surface area contributed by atoms with E-state index in [9.17, 15) is 9.59 Å². The normalized spacial score (nSPS) is 10.1. The number of benzene rings is 2. The van der Waals surface area contributed by atoms with Gasteiger partial charge in [-0.3, -0.25) is 20.4 Å². The average Bonchev–Trinajstić information content (AvgIpc) is 2.54. The van der Waals surface area contributed by atoms with Gasteiger partial charge in [0, 0.05) is 5.56 Å². The Bertz CT molecular complexity index is 724. The summed E-state index contributed by atoms with van der Waals surface area (Å²) in [6.07, 6.45) is 0.154. The molecule has 0 radical (unpaired) electrons. The third-order valence-electron chi connectivity index (χ3n) is 3.56. The number of amides is 2. The Labute approximate surface area is 142 Å². The van der Waals surface area contributed by atoms with Gasteiger partial charge in [0.25, 0.3) is 5.91 Å². The molecule has 0 fully saturated rings. The highest BCUT2D eigenvalue weighted by molar-refractivity contribution is 5.96. The molecule has 0 aliphatic carbocycles. The van der Waals surface area contributed by atoms with Crippen molar-refractivity contribution in [1.29, 1.82) is 0 Å². The number of hydrogen-bond acceptors (Lipinski definition) is 3. The molecular weight excluding hydrogens is 304 g/mol. The van der Waals surface area contributed by atoms with E-state index in [0.29, 0.717) is 11.3 Å². The maximum Gasteiger partial charge on any atom is 0.269 e. The molecule has 0 aromatic heterocycles. The van der Waals surface area contributed by atoms with E-state index < -0.39 is 0 Å². The molecule has 126 valence electrons. The predicted molar refractivity (Wildman–Crippen MR) is 92.8 cm³/mol. The number of ether oxygens (including phenoxy) is 1. The van der Waals surface area contributed by atoms with E-state index in [1.54, 1.807) is 6.07 Å². The Kier molecular flexibility index (Phi) is 5.95. The number of nitrogens with one attached hydrogen (secondary N) is 2. The van der Waals surface area contributed by atoms with E-state index in [-0.39, 0.29) is 24.8 Å². The number of carbonyl (C=O) groups is 2. The van der Waals surface area contributed by atoms with Crippen molar-refractivity contribution in [3.8, 4) is 5.75 Å². The first-order chi connectivity index (χ1) is 11.5. The van der Waals surface area contributed by atoms with Crippen molar-refractivity contribution in [2.24, 2.45) is 0 Å². The molecule has 5 heteroatoms. The number of rotatable bonds is 5. The zero-order chi connectivity index (χ0) is 17.5. The van der Waals surface area contributed by atoms with Crippen LogP contribution in [0.25, 0.3) is 0 Å². The summed E-state index contributed by atoms with van der Waals surface area (Å²) in [5.74, 6) is 0.0771. The fourth-order valence-corrected chi connectivity index (χ4v) is 2.22. The van der Waals surface area contributed by atoms with Gasteiger partial charge in [-0.2, -0.15) is 0 Å². The predicted octanol–water partition coefficient (Wildman–Crippen LogP) is 2.84. The molecule has 2 rings (SSSR count).